The van der Waals surface area contributed by atoms with Crippen LogP contribution in [0.25, 0.3) is 0 Å². The summed E-state index contributed by atoms with van der Waals surface area (Å²) in [5, 5.41) is 28.0. The summed E-state index contributed by atoms with van der Waals surface area (Å²) in [5.41, 5.74) is 0.417. The molecule has 134 valence electrons. The summed E-state index contributed by atoms with van der Waals surface area (Å²) in [4.78, 5) is 12.8. The summed E-state index contributed by atoms with van der Waals surface area (Å²) in [6.07, 6.45) is 1.54. The first-order chi connectivity index (χ1) is 12.5. The van der Waals surface area contributed by atoms with Gasteiger partial charge in [-0.1, -0.05) is 12.1 Å². The summed E-state index contributed by atoms with van der Waals surface area (Å²) in [6, 6.07) is 9.16. The van der Waals surface area contributed by atoms with E-state index in [2.05, 4.69) is 26.2 Å². The number of pyridine rings is 1. The van der Waals surface area contributed by atoms with Crippen LogP contribution in [0.15, 0.2) is 43.8 Å². The van der Waals surface area contributed by atoms with Crippen molar-refractivity contribution in [3.8, 4) is 11.9 Å². The van der Waals surface area contributed by atoms with Crippen LogP contribution >= 0.6 is 15.9 Å². The molecule has 1 aromatic heterocycles. The van der Waals surface area contributed by atoms with Crippen molar-refractivity contribution in [2.24, 2.45) is 10.2 Å². The minimum atomic E-state index is -0.495. The lowest BCUT2D eigenvalue weighted by molar-refractivity contribution is 0.0939. The molecule has 0 saturated carbocycles. The van der Waals surface area contributed by atoms with Crippen molar-refractivity contribution in [3.05, 3.63) is 50.2 Å². The van der Waals surface area contributed by atoms with Crippen molar-refractivity contribution in [1.82, 2.24) is 4.57 Å². The van der Waals surface area contributed by atoms with Gasteiger partial charge in [-0.05, 0) is 47.8 Å². The molecule has 3 rings (SSSR count). The van der Waals surface area contributed by atoms with Crippen LogP contribution in [0.2, 0.25) is 0 Å². The summed E-state index contributed by atoms with van der Waals surface area (Å²) in [7, 11) is 0. The predicted octanol–water partition coefficient (Wildman–Crippen LogP) is 4.09. The average Bonchev–Trinajstić information content (AvgIpc) is 3.14. The number of aromatic hydroxyl groups is 1. The average molecular weight is 417 g/mol. The fourth-order valence-corrected chi connectivity index (χ4v) is 3.22. The molecule has 0 radical (unpaired) electrons. The Balaban J connectivity index is 2.08. The molecule has 1 aromatic carbocycles. The van der Waals surface area contributed by atoms with Gasteiger partial charge in [-0.15, -0.1) is 10.2 Å². The summed E-state index contributed by atoms with van der Waals surface area (Å²) in [6.45, 7) is 2.38. The predicted molar refractivity (Wildman–Crippen MR) is 99.1 cm³/mol. The minimum Gasteiger partial charge on any atom is -0.493 e. The Morgan fingerprint density at radius 2 is 2.19 bits per heavy atom. The quantitative estimate of drug-likeness (QED) is 0.758. The highest BCUT2D eigenvalue weighted by Crippen LogP contribution is 2.30. The summed E-state index contributed by atoms with van der Waals surface area (Å²) in [5.74, 6) is -0.356. The fourth-order valence-electron chi connectivity index (χ4n) is 2.86. The first-order valence-electron chi connectivity index (χ1n) is 8.17. The van der Waals surface area contributed by atoms with Crippen LogP contribution in [0.1, 0.15) is 24.0 Å². The molecule has 7 nitrogen and oxygen atoms in total. The third-order valence-electron chi connectivity index (χ3n) is 4.29. The highest BCUT2D eigenvalue weighted by Gasteiger charge is 2.23. The van der Waals surface area contributed by atoms with Crippen LogP contribution < -0.4 is 5.56 Å². The first-order valence-corrected chi connectivity index (χ1v) is 8.96. The molecule has 1 aliphatic heterocycles. The van der Waals surface area contributed by atoms with Gasteiger partial charge >= 0.3 is 0 Å². The zero-order valence-electron chi connectivity index (χ0n) is 14.1. The lowest BCUT2D eigenvalue weighted by Gasteiger charge is -2.16. The van der Waals surface area contributed by atoms with Crippen molar-refractivity contribution in [1.29, 1.82) is 5.26 Å². The maximum absolute atomic E-state index is 12.8. The van der Waals surface area contributed by atoms with Crippen LogP contribution in [0.5, 0.6) is 5.88 Å². The molecule has 26 heavy (non-hydrogen) atoms. The molecule has 0 aliphatic carbocycles. The lowest BCUT2D eigenvalue weighted by Crippen LogP contribution is -2.27. The van der Waals surface area contributed by atoms with Crippen molar-refractivity contribution in [2.75, 3.05) is 6.61 Å². The van der Waals surface area contributed by atoms with Gasteiger partial charge in [-0.3, -0.25) is 9.36 Å². The Labute approximate surface area is 158 Å². The van der Waals surface area contributed by atoms with Gasteiger partial charge in [-0.25, -0.2) is 0 Å². The van der Waals surface area contributed by atoms with E-state index >= 15 is 0 Å². The van der Waals surface area contributed by atoms with E-state index in [0.29, 0.717) is 17.9 Å². The molecule has 2 aromatic rings. The van der Waals surface area contributed by atoms with Crippen molar-refractivity contribution in [2.45, 2.75) is 32.4 Å². The molecule has 0 spiro atoms. The third-order valence-corrected chi connectivity index (χ3v) is 4.96. The second kappa shape index (κ2) is 7.81. The van der Waals surface area contributed by atoms with Crippen molar-refractivity contribution < 1.29 is 9.84 Å². The van der Waals surface area contributed by atoms with Gasteiger partial charge in [0.15, 0.2) is 5.69 Å². The molecule has 1 atom stereocenters. The number of hydrogen-bond acceptors (Lipinski definition) is 6. The Morgan fingerprint density at radius 1 is 1.42 bits per heavy atom. The van der Waals surface area contributed by atoms with Crippen LogP contribution in [0.3, 0.4) is 0 Å². The van der Waals surface area contributed by atoms with Gasteiger partial charge in [0.2, 0.25) is 5.88 Å². The van der Waals surface area contributed by atoms with Gasteiger partial charge in [-0.2, -0.15) is 5.26 Å². The number of nitriles is 1. The monoisotopic (exact) mass is 416 g/mol. The summed E-state index contributed by atoms with van der Waals surface area (Å²) >= 11 is 3.37. The van der Waals surface area contributed by atoms with Crippen LogP contribution in [0.4, 0.5) is 11.4 Å². The normalized spacial score (nSPS) is 16.9. The molecular weight excluding hydrogens is 400 g/mol. The third kappa shape index (κ3) is 3.54. The topological polar surface area (TPSA) is 100.0 Å². The number of rotatable bonds is 4. The highest BCUT2D eigenvalue weighted by molar-refractivity contribution is 9.10. The van der Waals surface area contributed by atoms with Gasteiger partial charge < -0.3 is 9.84 Å². The number of aromatic nitrogens is 1. The fraction of sp³-hybridized carbons (Fsp3) is 0.333. The molecule has 1 fully saturated rings. The Bertz CT molecular complexity index is 956. The van der Waals surface area contributed by atoms with E-state index in [-0.39, 0.29) is 29.8 Å². The molecule has 0 bridgehead atoms. The zero-order valence-corrected chi connectivity index (χ0v) is 15.7. The standard InChI is InChI=1S/C18H17BrN4O3/c1-11-13(9-20)17(24)23(10-12-5-4-8-26-12)18(25)16(11)22-21-15-7-3-2-6-14(15)19/h2-3,6-7,12,24H,4-5,8,10H2,1H3. The van der Waals surface area contributed by atoms with Crippen molar-refractivity contribution in [3.63, 3.8) is 0 Å². The number of nitrogens with zero attached hydrogens (tertiary/aromatic N) is 4. The van der Waals surface area contributed by atoms with E-state index in [4.69, 9.17) is 4.74 Å². The minimum absolute atomic E-state index is 0.0173. The molecule has 1 unspecified atom stereocenters. The molecule has 1 N–H and O–H groups in total. The van der Waals surface area contributed by atoms with Crippen LogP contribution in [-0.2, 0) is 11.3 Å². The van der Waals surface area contributed by atoms with E-state index in [0.717, 1.165) is 21.9 Å². The van der Waals surface area contributed by atoms with Gasteiger partial charge in [0.25, 0.3) is 5.56 Å². The lowest BCUT2D eigenvalue weighted by atomic mass is 10.1. The van der Waals surface area contributed by atoms with E-state index in [1.807, 2.05) is 18.2 Å². The molecule has 1 saturated heterocycles. The highest BCUT2D eigenvalue weighted by atomic mass is 79.9. The number of azo groups is 1. The Morgan fingerprint density at radius 3 is 2.85 bits per heavy atom. The Hall–Kier alpha value is -2.50. The first kappa shape index (κ1) is 18.3. The van der Waals surface area contributed by atoms with Gasteiger partial charge in [0.1, 0.15) is 11.6 Å². The van der Waals surface area contributed by atoms with Crippen LogP contribution in [0, 0.1) is 18.3 Å². The molecular formula is C18H17BrN4O3. The van der Waals surface area contributed by atoms with Crippen LogP contribution in [-0.4, -0.2) is 22.4 Å². The number of halogens is 1. The smallest absolute Gasteiger partial charge is 0.281 e. The number of hydrogen-bond donors (Lipinski definition) is 1. The molecule has 1 aliphatic rings. The van der Waals surface area contributed by atoms with Crippen molar-refractivity contribution >= 4 is 27.3 Å². The molecule has 0 amide bonds. The molecule has 8 heteroatoms. The Kier molecular flexibility index (Phi) is 5.49. The summed E-state index contributed by atoms with van der Waals surface area (Å²) < 4.78 is 7.43. The van der Waals surface area contributed by atoms with Gasteiger partial charge in [0, 0.05) is 16.6 Å². The zero-order chi connectivity index (χ0) is 18.7. The van der Waals surface area contributed by atoms with E-state index in [1.54, 1.807) is 19.1 Å². The second-order valence-corrected chi connectivity index (χ2v) is 6.84. The number of benzene rings is 1. The van der Waals surface area contributed by atoms with E-state index in [1.165, 1.54) is 0 Å². The maximum atomic E-state index is 12.8. The SMILES string of the molecule is Cc1c(C#N)c(O)n(CC2CCCO2)c(=O)c1N=Nc1ccccc1Br. The molecule has 2 heterocycles. The van der Waals surface area contributed by atoms with E-state index < -0.39 is 5.56 Å². The van der Waals surface area contributed by atoms with Gasteiger partial charge in [0.05, 0.1) is 18.3 Å². The number of ether oxygens (including phenoxy) is 1. The second-order valence-electron chi connectivity index (χ2n) is 5.99. The van der Waals surface area contributed by atoms with E-state index in [9.17, 15) is 15.2 Å². The maximum Gasteiger partial charge on any atom is 0.281 e. The largest absolute Gasteiger partial charge is 0.493 e.